The Morgan fingerprint density at radius 2 is 1.79 bits per heavy atom. The van der Waals surface area contributed by atoms with Gasteiger partial charge in [0.1, 0.15) is 0 Å². The van der Waals surface area contributed by atoms with Crippen LogP contribution >= 0.6 is 0 Å². The number of carbonyl (C=O) groups is 3. The van der Waals surface area contributed by atoms with Crippen LogP contribution in [-0.4, -0.2) is 29.6 Å². The normalized spacial score (nSPS) is 9.53. The number of nitrogens with one attached hydrogen (secondary N) is 3. The van der Waals surface area contributed by atoms with Crippen LogP contribution in [0.2, 0.25) is 0 Å². The number of benzene rings is 1. The minimum absolute atomic E-state index is 0.0482. The third-order valence-electron chi connectivity index (χ3n) is 2.07. The van der Waals surface area contributed by atoms with Gasteiger partial charge in [-0.15, -0.1) is 0 Å². The minimum atomic E-state index is -0.979. The van der Waals surface area contributed by atoms with Crippen LogP contribution in [0, 0.1) is 0 Å². The molecule has 102 valence electrons. The third kappa shape index (κ3) is 6.06. The summed E-state index contributed by atoms with van der Waals surface area (Å²) in [6.07, 6.45) is -0.140. The van der Waals surface area contributed by atoms with Gasteiger partial charge in [0, 0.05) is 24.8 Å². The fourth-order valence-electron chi connectivity index (χ4n) is 1.34. The second-order valence-electron chi connectivity index (χ2n) is 3.79. The summed E-state index contributed by atoms with van der Waals surface area (Å²) in [5.41, 5.74) is 1.06. The van der Waals surface area contributed by atoms with Crippen LogP contribution in [0.1, 0.15) is 13.3 Å². The van der Waals surface area contributed by atoms with E-state index < -0.39 is 12.0 Å². The Balaban J connectivity index is 2.49. The number of carboxylic acid groups (broad SMARTS) is 1. The van der Waals surface area contributed by atoms with E-state index in [2.05, 4.69) is 16.0 Å². The summed E-state index contributed by atoms with van der Waals surface area (Å²) in [5.74, 6) is -1.18. The van der Waals surface area contributed by atoms with Crippen molar-refractivity contribution in [1.29, 1.82) is 0 Å². The van der Waals surface area contributed by atoms with E-state index in [1.807, 2.05) is 0 Å². The highest BCUT2D eigenvalue weighted by Crippen LogP contribution is 2.14. The van der Waals surface area contributed by atoms with Crippen molar-refractivity contribution < 1.29 is 19.5 Å². The van der Waals surface area contributed by atoms with Crippen LogP contribution in [0.3, 0.4) is 0 Å². The van der Waals surface area contributed by atoms with Gasteiger partial charge in [0.2, 0.25) is 5.91 Å². The molecule has 7 heteroatoms. The number of carbonyl (C=O) groups excluding carboxylic acids is 2. The molecule has 19 heavy (non-hydrogen) atoms. The predicted octanol–water partition coefficient (Wildman–Crippen LogP) is 1.24. The first-order chi connectivity index (χ1) is 8.97. The Bertz CT molecular complexity index is 488. The average Bonchev–Trinajstić information content (AvgIpc) is 2.27. The van der Waals surface area contributed by atoms with Gasteiger partial charge in [-0.3, -0.25) is 9.59 Å². The van der Waals surface area contributed by atoms with E-state index in [4.69, 9.17) is 5.11 Å². The molecule has 0 atom stereocenters. The highest BCUT2D eigenvalue weighted by Gasteiger charge is 2.04. The number of amides is 3. The Hall–Kier alpha value is -2.57. The van der Waals surface area contributed by atoms with Crippen LogP contribution < -0.4 is 16.0 Å². The van der Waals surface area contributed by atoms with E-state index in [0.717, 1.165) is 0 Å². The monoisotopic (exact) mass is 265 g/mol. The van der Waals surface area contributed by atoms with Gasteiger partial charge >= 0.3 is 12.0 Å². The van der Waals surface area contributed by atoms with Crippen molar-refractivity contribution in [1.82, 2.24) is 5.32 Å². The van der Waals surface area contributed by atoms with Crippen molar-refractivity contribution in [2.45, 2.75) is 13.3 Å². The molecule has 3 amide bonds. The van der Waals surface area contributed by atoms with Gasteiger partial charge in [-0.25, -0.2) is 4.79 Å². The number of hydrogen-bond donors (Lipinski definition) is 4. The van der Waals surface area contributed by atoms with E-state index in [1.165, 1.54) is 6.92 Å². The summed E-state index contributed by atoms with van der Waals surface area (Å²) in [4.78, 5) is 32.6. The van der Waals surface area contributed by atoms with Gasteiger partial charge in [0.25, 0.3) is 0 Å². The molecule has 1 aromatic rings. The molecule has 0 aliphatic heterocycles. The molecule has 1 rings (SSSR count). The molecule has 0 radical (unpaired) electrons. The maximum absolute atomic E-state index is 11.4. The van der Waals surface area contributed by atoms with Gasteiger partial charge in [0.15, 0.2) is 0 Å². The molecule has 0 saturated heterocycles. The SMILES string of the molecule is CC(=O)Nc1cccc(NC(=O)NCCC(=O)O)c1. The molecule has 0 aliphatic carbocycles. The van der Waals surface area contributed by atoms with Crippen LogP contribution in [-0.2, 0) is 9.59 Å². The van der Waals surface area contributed by atoms with Crippen molar-refractivity contribution in [3.8, 4) is 0 Å². The lowest BCUT2D eigenvalue weighted by Crippen LogP contribution is -2.30. The third-order valence-corrected chi connectivity index (χ3v) is 2.07. The quantitative estimate of drug-likeness (QED) is 0.642. The first-order valence-electron chi connectivity index (χ1n) is 5.61. The van der Waals surface area contributed by atoms with Gasteiger partial charge in [-0.1, -0.05) is 6.07 Å². The van der Waals surface area contributed by atoms with Gasteiger partial charge in [-0.2, -0.15) is 0 Å². The van der Waals surface area contributed by atoms with Crippen molar-refractivity contribution in [3.63, 3.8) is 0 Å². The van der Waals surface area contributed by atoms with Crippen LogP contribution in [0.4, 0.5) is 16.2 Å². The zero-order chi connectivity index (χ0) is 14.3. The first-order valence-corrected chi connectivity index (χ1v) is 5.61. The molecule has 0 aromatic heterocycles. The Morgan fingerprint density at radius 3 is 2.37 bits per heavy atom. The molecule has 1 aromatic carbocycles. The van der Waals surface area contributed by atoms with Gasteiger partial charge in [0.05, 0.1) is 6.42 Å². The van der Waals surface area contributed by atoms with Crippen LogP contribution in [0.5, 0.6) is 0 Å². The van der Waals surface area contributed by atoms with Crippen molar-refractivity contribution in [3.05, 3.63) is 24.3 Å². The lowest BCUT2D eigenvalue weighted by atomic mass is 10.2. The maximum atomic E-state index is 11.4. The number of urea groups is 1. The summed E-state index contributed by atoms with van der Waals surface area (Å²) in [5, 5.41) is 16.0. The van der Waals surface area contributed by atoms with E-state index in [-0.39, 0.29) is 18.9 Å². The lowest BCUT2D eigenvalue weighted by molar-refractivity contribution is -0.136. The highest BCUT2D eigenvalue weighted by atomic mass is 16.4. The number of rotatable bonds is 5. The van der Waals surface area contributed by atoms with Crippen molar-refractivity contribution in [2.75, 3.05) is 17.2 Å². The molecule has 0 aliphatic rings. The van der Waals surface area contributed by atoms with E-state index >= 15 is 0 Å². The molecule has 0 spiro atoms. The summed E-state index contributed by atoms with van der Waals surface area (Å²) in [6, 6.07) is 6.12. The molecule has 7 nitrogen and oxygen atoms in total. The molecule has 0 saturated carbocycles. The highest BCUT2D eigenvalue weighted by molar-refractivity contribution is 5.92. The zero-order valence-corrected chi connectivity index (χ0v) is 10.4. The zero-order valence-electron chi connectivity index (χ0n) is 10.4. The maximum Gasteiger partial charge on any atom is 0.319 e. The standard InChI is InChI=1S/C12H15N3O4/c1-8(16)14-9-3-2-4-10(7-9)15-12(19)13-6-5-11(17)18/h2-4,7H,5-6H2,1H3,(H,14,16)(H,17,18)(H2,13,15,19). The molecule has 0 unspecified atom stereocenters. The van der Waals surface area contributed by atoms with E-state index in [1.54, 1.807) is 24.3 Å². The molecular formula is C12H15N3O4. The molecule has 0 heterocycles. The smallest absolute Gasteiger partial charge is 0.319 e. The lowest BCUT2D eigenvalue weighted by Gasteiger charge is -2.08. The van der Waals surface area contributed by atoms with Crippen LogP contribution in [0.25, 0.3) is 0 Å². The second kappa shape index (κ2) is 7.00. The molecule has 0 fully saturated rings. The Morgan fingerprint density at radius 1 is 1.16 bits per heavy atom. The van der Waals surface area contributed by atoms with E-state index in [9.17, 15) is 14.4 Å². The Labute approximate surface area is 110 Å². The number of hydrogen-bond acceptors (Lipinski definition) is 3. The summed E-state index contributed by atoms with van der Waals surface area (Å²) >= 11 is 0. The minimum Gasteiger partial charge on any atom is -0.481 e. The average molecular weight is 265 g/mol. The van der Waals surface area contributed by atoms with Gasteiger partial charge < -0.3 is 21.1 Å². The summed E-state index contributed by atoms with van der Waals surface area (Å²) in [7, 11) is 0. The van der Waals surface area contributed by atoms with Crippen LogP contribution in [0.15, 0.2) is 24.3 Å². The molecule has 0 bridgehead atoms. The second-order valence-corrected chi connectivity index (χ2v) is 3.79. The molecule has 4 N–H and O–H groups in total. The fraction of sp³-hybridized carbons (Fsp3) is 0.250. The fourth-order valence-corrected chi connectivity index (χ4v) is 1.34. The first kappa shape index (κ1) is 14.5. The number of aliphatic carboxylic acids is 1. The number of anilines is 2. The number of carboxylic acids is 1. The summed E-state index contributed by atoms with van der Waals surface area (Å²) < 4.78 is 0. The van der Waals surface area contributed by atoms with Crippen molar-refractivity contribution in [2.24, 2.45) is 0 Å². The topological polar surface area (TPSA) is 108 Å². The molecular weight excluding hydrogens is 250 g/mol. The van der Waals surface area contributed by atoms with Crippen molar-refractivity contribution >= 4 is 29.3 Å². The van der Waals surface area contributed by atoms with E-state index in [0.29, 0.717) is 11.4 Å². The largest absolute Gasteiger partial charge is 0.481 e. The predicted molar refractivity (Wildman–Crippen MR) is 70.0 cm³/mol. The summed E-state index contributed by atoms with van der Waals surface area (Å²) in [6.45, 7) is 1.44. The van der Waals surface area contributed by atoms with Gasteiger partial charge in [-0.05, 0) is 18.2 Å². The Kier molecular flexibility index (Phi) is 5.34.